The van der Waals surface area contributed by atoms with Gasteiger partial charge in [0.1, 0.15) is 10.9 Å². The lowest BCUT2D eigenvalue weighted by Gasteiger charge is -2.14. The summed E-state index contributed by atoms with van der Waals surface area (Å²) in [6.45, 7) is 0.0484. The van der Waals surface area contributed by atoms with Crippen LogP contribution in [-0.4, -0.2) is 41.1 Å². The summed E-state index contributed by atoms with van der Waals surface area (Å²) in [5, 5.41) is 2.47. The molecule has 106 valence electrons. The van der Waals surface area contributed by atoms with E-state index in [1.54, 1.807) is 12.1 Å². The summed E-state index contributed by atoms with van der Waals surface area (Å²) in [6.07, 6.45) is 0. The molecule has 4 N–H and O–H groups in total. The van der Waals surface area contributed by atoms with Crippen molar-refractivity contribution < 1.29 is 17.9 Å². The van der Waals surface area contributed by atoms with E-state index in [4.69, 9.17) is 10.5 Å². The number of carbonyl (C=O) groups is 1. The third-order valence-corrected chi connectivity index (χ3v) is 3.86. The number of rotatable bonds is 6. The number of para-hydroxylation sites is 1. The topological polar surface area (TPSA) is 111 Å². The van der Waals surface area contributed by atoms with Gasteiger partial charge in [-0.25, -0.2) is 13.1 Å². The summed E-state index contributed by atoms with van der Waals surface area (Å²) in [7, 11) is -0.930. The second-order valence-corrected chi connectivity index (χ2v) is 5.61. The first kappa shape index (κ1) is 15.6. The molecule has 1 aromatic rings. The predicted molar refractivity (Wildman–Crippen MR) is 71.2 cm³/mol. The number of sulfonamides is 1. The third kappa shape index (κ3) is 4.00. The van der Waals surface area contributed by atoms with Crippen molar-refractivity contribution in [3.05, 3.63) is 24.3 Å². The lowest BCUT2D eigenvalue weighted by molar-refractivity contribution is -0.118. The van der Waals surface area contributed by atoms with E-state index in [1.807, 2.05) is 0 Å². The van der Waals surface area contributed by atoms with Crippen LogP contribution in [0.1, 0.15) is 0 Å². The average molecular weight is 287 g/mol. The van der Waals surface area contributed by atoms with E-state index in [0.29, 0.717) is 0 Å². The smallest absolute Gasteiger partial charge is 0.243 e. The fourth-order valence-electron chi connectivity index (χ4n) is 1.39. The first-order valence-electron chi connectivity index (χ1n) is 5.50. The molecule has 0 spiro atoms. The molecule has 0 aliphatic carbocycles. The van der Waals surface area contributed by atoms with Crippen molar-refractivity contribution >= 4 is 21.6 Å². The molecule has 0 bridgehead atoms. The molecule has 19 heavy (non-hydrogen) atoms. The lowest BCUT2D eigenvalue weighted by atomic mass is 10.2. The number of amides is 1. The molecule has 1 unspecified atom stereocenters. The molecule has 0 saturated carbocycles. The van der Waals surface area contributed by atoms with Crippen LogP contribution in [0.15, 0.2) is 29.2 Å². The summed E-state index contributed by atoms with van der Waals surface area (Å²) in [6, 6.07) is 5.20. The number of carbonyl (C=O) groups excluding carboxylic acids is 1. The molecule has 0 fully saturated rings. The van der Waals surface area contributed by atoms with Crippen LogP contribution < -0.4 is 15.8 Å². The van der Waals surface area contributed by atoms with Crippen LogP contribution in [0.4, 0.5) is 5.69 Å². The molecule has 0 aliphatic rings. The van der Waals surface area contributed by atoms with Gasteiger partial charge < -0.3 is 15.8 Å². The highest BCUT2D eigenvalue weighted by atomic mass is 32.2. The van der Waals surface area contributed by atoms with E-state index in [2.05, 4.69) is 10.0 Å². The Hall–Kier alpha value is -1.48. The van der Waals surface area contributed by atoms with Crippen LogP contribution in [0.2, 0.25) is 0 Å². The number of hydrogen-bond donors (Lipinski definition) is 3. The highest BCUT2D eigenvalue weighted by Gasteiger charge is 2.19. The number of ether oxygens (including phenoxy) is 1. The molecule has 1 aromatic carbocycles. The van der Waals surface area contributed by atoms with Gasteiger partial charge in [-0.1, -0.05) is 12.1 Å². The quantitative estimate of drug-likeness (QED) is 0.653. The van der Waals surface area contributed by atoms with E-state index in [0.717, 1.165) is 0 Å². The normalized spacial score (nSPS) is 13.0. The fourth-order valence-corrected chi connectivity index (χ4v) is 2.28. The summed E-state index contributed by atoms with van der Waals surface area (Å²) < 4.78 is 30.5. The highest BCUT2D eigenvalue weighted by Crippen LogP contribution is 2.20. The summed E-state index contributed by atoms with van der Waals surface area (Å²) in [5.74, 6) is -0.513. The molecule has 0 radical (unpaired) electrons. The Morgan fingerprint density at radius 3 is 2.63 bits per heavy atom. The highest BCUT2D eigenvalue weighted by molar-refractivity contribution is 7.89. The molecular weight excluding hydrogens is 270 g/mol. The molecule has 1 rings (SSSR count). The maximum atomic E-state index is 11.8. The van der Waals surface area contributed by atoms with Crippen LogP contribution in [0.5, 0.6) is 0 Å². The van der Waals surface area contributed by atoms with Gasteiger partial charge in [0.2, 0.25) is 15.9 Å². The molecule has 0 aromatic heterocycles. The van der Waals surface area contributed by atoms with E-state index in [1.165, 1.54) is 26.3 Å². The summed E-state index contributed by atoms with van der Waals surface area (Å²) >= 11 is 0. The van der Waals surface area contributed by atoms with Crippen molar-refractivity contribution in [1.82, 2.24) is 4.72 Å². The Labute approximate surface area is 112 Å². The fraction of sp³-hybridized carbons (Fsp3) is 0.364. The van der Waals surface area contributed by atoms with Crippen LogP contribution in [-0.2, 0) is 19.6 Å². The Kier molecular flexibility index (Phi) is 5.43. The van der Waals surface area contributed by atoms with E-state index >= 15 is 0 Å². The van der Waals surface area contributed by atoms with Gasteiger partial charge in [0, 0.05) is 7.11 Å². The number of methoxy groups -OCH3 is 1. The first-order chi connectivity index (χ1) is 8.92. The molecule has 0 heterocycles. The minimum atomic E-state index is -3.65. The summed E-state index contributed by atoms with van der Waals surface area (Å²) in [4.78, 5) is 11.7. The molecule has 0 saturated heterocycles. The molecular formula is C11H17N3O4S. The van der Waals surface area contributed by atoms with Gasteiger partial charge in [0.05, 0.1) is 12.3 Å². The maximum absolute atomic E-state index is 11.8. The van der Waals surface area contributed by atoms with E-state index in [-0.39, 0.29) is 17.2 Å². The number of anilines is 1. The van der Waals surface area contributed by atoms with Crippen molar-refractivity contribution in [2.75, 3.05) is 26.1 Å². The van der Waals surface area contributed by atoms with Crippen molar-refractivity contribution in [1.29, 1.82) is 0 Å². The minimum absolute atomic E-state index is 0.0181. The number of nitrogens with two attached hydrogens (primary N) is 1. The Balaban J connectivity index is 3.00. The van der Waals surface area contributed by atoms with Crippen molar-refractivity contribution in [2.24, 2.45) is 5.73 Å². The second kappa shape index (κ2) is 6.62. The average Bonchev–Trinajstić information content (AvgIpc) is 2.39. The van der Waals surface area contributed by atoms with Gasteiger partial charge in [-0.3, -0.25) is 4.79 Å². The van der Waals surface area contributed by atoms with Gasteiger partial charge in [-0.05, 0) is 19.2 Å². The molecule has 1 atom stereocenters. The maximum Gasteiger partial charge on any atom is 0.243 e. The van der Waals surface area contributed by atoms with Crippen LogP contribution in [0.25, 0.3) is 0 Å². The second-order valence-electron chi connectivity index (χ2n) is 3.75. The number of nitrogens with one attached hydrogen (secondary N) is 2. The number of hydrogen-bond acceptors (Lipinski definition) is 5. The molecule has 0 aliphatic heterocycles. The van der Waals surface area contributed by atoms with E-state index < -0.39 is 22.0 Å². The molecule has 1 amide bonds. The van der Waals surface area contributed by atoms with Crippen LogP contribution in [0.3, 0.4) is 0 Å². The Morgan fingerprint density at radius 1 is 1.42 bits per heavy atom. The number of benzene rings is 1. The predicted octanol–water partition coefficient (Wildman–Crippen LogP) is -0.493. The van der Waals surface area contributed by atoms with Crippen molar-refractivity contribution in [2.45, 2.75) is 10.9 Å². The Bertz CT molecular complexity index is 545. The molecule has 7 nitrogen and oxygen atoms in total. The van der Waals surface area contributed by atoms with Gasteiger partial charge >= 0.3 is 0 Å². The zero-order valence-corrected chi connectivity index (χ0v) is 11.5. The van der Waals surface area contributed by atoms with Crippen LogP contribution >= 0.6 is 0 Å². The van der Waals surface area contributed by atoms with Gasteiger partial charge in [-0.15, -0.1) is 0 Å². The monoisotopic (exact) mass is 287 g/mol. The van der Waals surface area contributed by atoms with Gasteiger partial charge in [0.15, 0.2) is 0 Å². The molecule has 8 heteroatoms. The SMILES string of the molecule is CNS(=O)(=O)c1ccccc1NC(=O)C(N)COC. The first-order valence-corrected chi connectivity index (χ1v) is 6.98. The zero-order valence-electron chi connectivity index (χ0n) is 10.7. The standard InChI is InChI=1S/C11H17N3O4S/c1-13-19(16,17)10-6-4-3-5-9(10)14-11(15)8(12)7-18-2/h3-6,8,13H,7,12H2,1-2H3,(H,14,15). The van der Waals surface area contributed by atoms with Crippen molar-refractivity contribution in [3.8, 4) is 0 Å². The van der Waals surface area contributed by atoms with Crippen molar-refractivity contribution in [3.63, 3.8) is 0 Å². The zero-order chi connectivity index (χ0) is 14.5. The largest absolute Gasteiger partial charge is 0.383 e. The Morgan fingerprint density at radius 2 is 2.05 bits per heavy atom. The minimum Gasteiger partial charge on any atom is -0.383 e. The van der Waals surface area contributed by atoms with E-state index in [9.17, 15) is 13.2 Å². The lowest BCUT2D eigenvalue weighted by Crippen LogP contribution is -2.39. The third-order valence-electron chi connectivity index (χ3n) is 2.39. The summed E-state index contributed by atoms with van der Waals surface area (Å²) in [5.41, 5.74) is 5.74. The van der Waals surface area contributed by atoms with Gasteiger partial charge in [-0.2, -0.15) is 0 Å². The van der Waals surface area contributed by atoms with Gasteiger partial charge in [0.25, 0.3) is 0 Å². The van der Waals surface area contributed by atoms with Crippen LogP contribution in [0, 0.1) is 0 Å².